The summed E-state index contributed by atoms with van der Waals surface area (Å²) in [4.78, 5) is 13.2. The zero-order valence-electron chi connectivity index (χ0n) is 17.2. The molecule has 0 spiro atoms. The van der Waals surface area contributed by atoms with Crippen molar-refractivity contribution in [2.24, 2.45) is 0 Å². The smallest absolute Gasteiger partial charge is 0.269 e. The number of non-ortho nitro benzene ring substituents is 1. The lowest BCUT2D eigenvalue weighted by Crippen LogP contribution is -2.29. The molecule has 0 N–H and O–H groups in total. The van der Waals surface area contributed by atoms with Gasteiger partial charge in [0.25, 0.3) is 5.69 Å². The normalized spacial score (nSPS) is 16.5. The second kappa shape index (κ2) is 8.59. The molecule has 0 fully saturated rings. The summed E-state index contributed by atoms with van der Waals surface area (Å²) in [7, 11) is 3.27. The van der Waals surface area contributed by atoms with Crippen molar-refractivity contribution >= 4 is 5.69 Å². The second-order valence-corrected chi connectivity index (χ2v) is 7.39. The third-order valence-electron chi connectivity index (χ3n) is 5.58. The van der Waals surface area contributed by atoms with Crippen LogP contribution in [0, 0.1) is 10.1 Å². The highest BCUT2D eigenvalue weighted by Gasteiger charge is 2.28. The highest BCUT2D eigenvalue weighted by Crippen LogP contribution is 2.37. The molecule has 0 saturated carbocycles. The van der Waals surface area contributed by atoms with Crippen molar-refractivity contribution in [3.8, 4) is 11.5 Å². The summed E-state index contributed by atoms with van der Waals surface area (Å²) < 4.78 is 13.2. The summed E-state index contributed by atoms with van der Waals surface area (Å²) >= 11 is 0. The van der Waals surface area contributed by atoms with Crippen molar-refractivity contribution in [3.05, 3.63) is 87.7 Å². The van der Waals surface area contributed by atoms with Gasteiger partial charge >= 0.3 is 0 Å². The molecule has 2 aromatic carbocycles. The van der Waals surface area contributed by atoms with E-state index in [0.717, 1.165) is 30.6 Å². The van der Waals surface area contributed by atoms with Crippen molar-refractivity contribution in [2.75, 3.05) is 20.8 Å². The number of aromatic nitrogens is 1. The molecule has 0 aliphatic carbocycles. The number of fused-ring (bicyclic) bond motifs is 1. The lowest BCUT2D eigenvalue weighted by Gasteiger charge is -2.31. The van der Waals surface area contributed by atoms with Gasteiger partial charge in [0.15, 0.2) is 11.5 Å². The van der Waals surface area contributed by atoms with Crippen molar-refractivity contribution in [1.82, 2.24) is 9.47 Å². The highest BCUT2D eigenvalue weighted by molar-refractivity contribution is 5.45. The molecule has 0 radical (unpaired) electrons. The van der Waals surface area contributed by atoms with E-state index in [-0.39, 0.29) is 16.7 Å². The Bertz CT molecular complexity index is 1050. The van der Waals surface area contributed by atoms with Crippen LogP contribution in [0.5, 0.6) is 11.5 Å². The Labute approximate surface area is 175 Å². The first-order valence-electron chi connectivity index (χ1n) is 9.95. The van der Waals surface area contributed by atoms with E-state index in [1.165, 1.54) is 11.8 Å². The van der Waals surface area contributed by atoms with Gasteiger partial charge in [0.2, 0.25) is 0 Å². The van der Waals surface area contributed by atoms with Crippen LogP contribution in [0.25, 0.3) is 0 Å². The molecule has 0 bridgehead atoms. The third kappa shape index (κ3) is 3.89. The molecule has 1 aliphatic heterocycles. The van der Waals surface area contributed by atoms with Crippen LogP contribution in [0.2, 0.25) is 0 Å². The molecule has 2 heterocycles. The average Bonchev–Trinajstić information content (AvgIpc) is 3.15. The maximum absolute atomic E-state index is 11.2. The fraction of sp³-hybridized carbons (Fsp3) is 0.304. The molecular formula is C23H25N3O4. The molecule has 1 aliphatic rings. The SMILES string of the molecule is COc1ccc(C2c3cccn3CCCN2Cc2cccc([N+](=O)[O-])c2)cc1OC. The molecule has 4 rings (SSSR count). The first kappa shape index (κ1) is 20.0. The fourth-order valence-electron chi connectivity index (χ4n) is 4.22. The lowest BCUT2D eigenvalue weighted by atomic mass is 10.00. The van der Waals surface area contributed by atoms with Gasteiger partial charge in [-0.2, -0.15) is 0 Å². The summed E-state index contributed by atoms with van der Waals surface area (Å²) in [5, 5.41) is 11.2. The summed E-state index contributed by atoms with van der Waals surface area (Å²) in [5.74, 6) is 1.38. The molecule has 156 valence electrons. The van der Waals surface area contributed by atoms with Crippen LogP contribution < -0.4 is 9.47 Å². The van der Waals surface area contributed by atoms with Crippen LogP contribution in [-0.2, 0) is 13.1 Å². The van der Waals surface area contributed by atoms with Crippen molar-refractivity contribution in [3.63, 3.8) is 0 Å². The minimum Gasteiger partial charge on any atom is -0.493 e. The topological polar surface area (TPSA) is 69.8 Å². The molecular weight excluding hydrogens is 382 g/mol. The summed E-state index contributed by atoms with van der Waals surface area (Å²) in [5.41, 5.74) is 3.34. The summed E-state index contributed by atoms with van der Waals surface area (Å²) in [6.07, 6.45) is 3.11. The summed E-state index contributed by atoms with van der Waals surface area (Å²) in [6.45, 7) is 2.44. The molecule has 7 nitrogen and oxygen atoms in total. The van der Waals surface area contributed by atoms with Gasteiger partial charge in [-0.3, -0.25) is 15.0 Å². The van der Waals surface area contributed by atoms with E-state index in [9.17, 15) is 10.1 Å². The Kier molecular flexibility index (Phi) is 5.72. The first-order valence-corrected chi connectivity index (χ1v) is 9.95. The molecule has 7 heteroatoms. The zero-order valence-corrected chi connectivity index (χ0v) is 17.2. The predicted molar refractivity (Wildman–Crippen MR) is 114 cm³/mol. The Hall–Kier alpha value is -3.32. The van der Waals surface area contributed by atoms with Gasteiger partial charge in [-0.15, -0.1) is 0 Å². The number of nitrogens with zero attached hydrogens (tertiary/aromatic N) is 3. The van der Waals surface area contributed by atoms with Crippen molar-refractivity contribution in [1.29, 1.82) is 0 Å². The molecule has 1 atom stereocenters. The van der Waals surface area contributed by atoms with Gasteiger partial charge in [-0.05, 0) is 41.8 Å². The van der Waals surface area contributed by atoms with E-state index in [1.54, 1.807) is 26.4 Å². The number of nitro groups is 1. The number of methoxy groups -OCH3 is 2. The lowest BCUT2D eigenvalue weighted by molar-refractivity contribution is -0.384. The van der Waals surface area contributed by atoms with Gasteiger partial charge in [-0.1, -0.05) is 18.2 Å². The van der Waals surface area contributed by atoms with Crippen LogP contribution >= 0.6 is 0 Å². The minimum absolute atomic E-state index is 0.00145. The molecule has 1 unspecified atom stereocenters. The van der Waals surface area contributed by atoms with Crippen LogP contribution in [0.15, 0.2) is 60.8 Å². The number of hydrogen-bond acceptors (Lipinski definition) is 5. The number of aryl methyl sites for hydroxylation is 1. The van der Waals surface area contributed by atoms with Gasteiger partial charge in [0, 0.05) is 43.7 Å². The molecule has 3 aromatic rings. The van der Waals surface area contributed by atoms with Gasteiger partial charge < -0.3 is 14.0 Å². The van der Waals surface area contributed by atoms with Gasteiger partial charge in [-0.25, -0.2) is 0 Å². The largest absolute Gasteiger partial charge is 0.493 e. The minimum atomic E-state index is -0.344. The third-order valence-corrected chi connectivity index (χ3v) is 5.58. The van der Waals surface area contributed by atoms with E-state index < -0.39 is 0 Å². The Morgan fingerprint density at radius 1 is 1.03 bits per heavy atom. The van der Waals surface area contributed by atoms with E-state index in [0.29, 0.717) is 18.0 Å². The van der Waals surface area contributed by atoms with Crippen molar-refractivity contribution in [2.45, 2.75) is 25.6 Å². The van der Waals surface area contributed by atoms with Crippen LogP contribution in [0.1, 0.15) is 29.3 Å². The first-order chi connectivity index (χ1) is 14.6. The van der Waals surface area contributed by atoms with E-state index in [2.05, 4.69) is 33.9 Å². The second-order valence-electron chi connectivity index (χ2n) is 7.39. The van der Waals surface area contributed by atoms with Crippen LogP contribution in [0.3, 0.4) is 0 Å². The maximum atomic E-state index is 11.2. The predicted octanol–water partition coefficient (Wildman–Crippen LogP) is 4.41. The Morgan fingerprint density at radius 3 is 2.63 bits per heavy atom. The standard InChI is InChI=1S/C23H25N3O4/c1-29-21-10-9-18(15-22(21)30-2)23-20-8-4-11-24(20)12-5-13-25(23)16-17-6-3-7-19(14-17)26(27)28/h3-4,6-11,14-15,23H,5,12-13,16H2,1-2H3. The zero-order chi connectivity index (χ0) is 21.1. The fourth-order valence-corrected chi connectivity index (χ4v) is 4.22. The molecule has 30 heavy (non-hydrogen) atoms. The van der Waals surface area contributed by atoms with E-state index in [1.807, 2.05) is 18.2 Å². The average molecular weight is 407 g/mol. The molecule has 0 saturated heterocycles. The number of nitro benzene ring substituents is 1. The molecule has 0 amide bonds. The highest BCUT2D eigenvalue weighted by atomic mass is 16.6. The van der Waals surface area contributed by atoms with Crippen LogP contribution in [-0.4, -0.2) is 35.2 Å². The number of hydrogen-bond donors (Lipinski definition) is 0. The van der Waals surface area contributed by atoms with E-state index in [4.69, 9.17) is 9.47 Å². The Morgan fingerprint density at radius 2 is 1.87 bits per heavy atom. The van der Waals surface area contributed by atoms with Crippen LogP contribution in [0.4, 0.5) is 5.69 Å². The monoisotopic (exact) mass is 407 g/mol. The van der Waals surface area contributed by atoms with Gasteiger partial charge in [0.1, 0.15) is 0 Å². The number of ether oxygens (including phenoxy) is 2. The van der Waals surface area contributed by atoms with Crippen molar-refractivity contribution < 1.29 is 14.4 Å². The summed E-state index contributed by atoms with van der Waals surface area (Å²) in [6, 6.07) is 17.1. The number of benzene rings is 2. The maximum Gasteiger partial charge on any atom is 0.269 e. The Balaban J connectivity index is 1.75. The number of rotatable bonds is 6. The quantitative estimate of drug-likeness (QED) is 0.447. The van der Waals surface area contributed by atoms with Gasteiger partial charge in [0.05, 0.1) is 25.2 Å². The van der Waals surface area contributed by atoms with E-state index >= 15 is 0 Å². The molecule has 1 aromatic heterocycles.